The van der Waals surface area contributed by atoms with Crippen molar-refractivity contribution in [2.75, 3.05) is 26.1 Å². The second-order valence-corrected chi connectivity index (χ2v) is 3.22. The fourth-order valence-corrected chi connectivity index (χ4v) is 1.25. The van der Waals surface area contributed by atoms with Crippen molar-refractivity contribution in [1.82, 2.24) is 4.90 Å². The van der Waals surface area contributed by atoms with Crippen molar-refractivity contribution in [3.8, 4) is 5.75 Å². The molecule has 1 aromatic rings. The average Bonchev–Trinajstić information content (AvgIpc) is 2.56. The Morgan fingerprint density at radius 3 is 2.59 bits per heavy atom. The van der Waals surface area contributed by atoms with Crippen LogP contribution in [-0.4, -0.2) is 36.0 Å². The predicted molar refractivity (Wildman–Crippen MR) is 64.3 cm³/mol. The lowest BCUT2D eigenvalue weighted by molar-refractivity contribution is -0.384. The first kappa shape index (κ1) is 5.35. The Hall–Kier alpha value is -1.62. The molecule has 1 aliphatic rings. The number of non-ortho nitro benzene ring substituents is 1. The number of benzene rings is 1. The molecule has 1 fully saturated rings. The van der Waals surface area contributed by atoms with Crippen molar-refractivity contribution in [2.24, 2.45) is 0 Å². The van der Waals surface area contributed by atoms with Crippen LogP contribution in [0.25, 0.3) is 0 Å². The maximum absolute atomic E-state index is 10.6. The first-order valence-electron chi connectivity index (χ1n) is 8.92. The summed E-state index contributed by atoms with van der Waals surface area (Å²) < 4.78 is 67.3. The van der Waals surface area contributed by atoms with Gasteiger partial charge in [-0.05, 0) is 37.9 Å². The van der Waals surface area contributed by atoms with Crippen LogP contribution in [0.4, 0.5) is 5.69 Å². The zero-order valence-corrected chi connectivity index (χ0v) is 8.84. The van der Waals surface area contributed by atoms with Crippen LogP contribution >= 0.6 is 0 Å². The van der Waals surface area contributed by atoms with Crippen LogP contribution in [0, 0.1) is 10.1 Å². The number of likely N-dealkylation sites (tertiary alicyclic amines) is 1. The Morgan fingerprint density at radius 2 is 2.00 bits per heavy atom. The van der Waals surface area contributed by atoms with E-state index in [9.17, 15) is 10.1 Å². The van der Waals surface area contributed by atoms with E-state index in [0.29, 0.717) is 4.90 Å². The summed E-state index contributed by atoms with van der Waals surface area (Å²) in [4.78, 5) is 10.5. The molecule has 0 aliphatic carbocycles. The second kappa shape index (κ2) is 5.63. The van der Waals surface area contributed by atoms with Crippen molar-refractivity contribution in [2.45, 2.75) is 12.7 Å². The van der Waals surface area contributed by atoms with E-state index in [1.54, 1.807) is 0 Å². The molecule has 1 aliphatic heterocycles. The van der Waals surface area contributed by atoms with Gasteiger partial charge in [0.25, 0.3) is 5.69 Å². The van der Waals surface area contributed by atoms with Crippen LogP contribution in [0.3, 0.4) is 0 Å². The van der Waals surface area contributed by atoms with Crippen molar-refractivity contribution in [3.63, 3.8) is 0 Å². The molecule has 1 aromatic carbocycles. The molecular formula is C12H16N2O3. The summed E-state index contributed by atoms with van der Waals surface area (Å²) in [5.74, 6) is 0.233. The van der Waals surface area contributed by atoms with E-state index in [1.807, 2.05) is 0 Å². The maximum atomic E-state index is 10.6. The van der Waals surface area contributed by atoms with Gasteiger partial charge in [0, 0.05) is 29.6 Å². The van der Waals surface area contributed by atoms with Crippen LogP contribution < -0.4 is 4.74 Å². The average molecular weight is 244 g/mol. The maximum Gasteiger partial charge on any atom is 0.269 e. The molecule has 0 bridgehead atoms. The summed E-state index contributed by atoms with van der Waals surface area (Å²) in [5.41, 5.74) is -0.138. The number of nitro groups is 1. The Kier molecular flexibility index (Phi) is 1.77. The van der Waals surface area contributed by atoms with Gasteiger partial charge in [-0.2, -0.15) is 0 Å². The predicted octanol–water partition coefficient (Wildman–Crippen LogP) is 2.07. The third kappa shape index (κ3) is 3.42. The molecule has 0 spiro atoms. The second-order valence-electron chi connectivity index (χ2n) is 3.22. The van der Waals surface area contributed by atoms with Gasteiger partial charge >= 0.3 is 0 Å². The fraction of sp³-hybridized carbons (Fsp3) is 0.500. The number of nitrogens with zero attached hydrogens (tertiary/aromatic N) is 2. The third-order valence-electron chi connectivity index (χ3n) is 2.08. The molecule has 5 heteroatoms. The number of ether oxygens (including phenoxy) is 1. The van der Waals surface area contributed by atoms with E-state index < -0.39 is 37.2 Å². The molecule has 0 unspecified atom stereocenters. The lowest BCUT2D eigenvalue weighted by Crippen LogP contribution is -2.25. The number of hydrogen-bond donors (Lipinski definition) is 0. The highest BCUT2D eigenvalue weighted by molar-refractivity contribution is 5.35. The fourth-order valence-electron chi connectivity index (χ4n) is 1.25. The highest BCUT2D eigenvalue weighted by Crippen LogP contribution is 2.17. The SMILES string of the molecule is [2H]C1([2H])N(CCOc2ccc([N+](=O)[O-])cc2)C([2H])([2H])C([2H])([2H])C1([2H])[2H]. The molecule has 92 valence electrons. The largest absolute Gasteiger partial charge is 0.492 e. The Bertz CT molecular complexity index is 639. The van der Waals surface area contributed by atoms with Gasteiger partial charge in [-0.25, -0.2) is 0 Å². The highest BCUT2D eigenvalue weighted by Gasteiger charge is 2.11. The molecule has 0 aromatic heterocycles. The summed E-state index contributed by atoms with van der Waals surface area (Å²) >= 11 is 0. The van der Waals surface area contributed by atoms with Gasteiger partial charge in [0.15, 0.2) is 0 Å². The summed E-state index contributed by atoms with van der Waals surface area (Å²) in [5, 5.41) is 10.6. The van der Waals surface area contributed by atoms with E-state index >= 15 is 0 Å². The molecule has 17 heavy (non-hydrogen) atoms. The van der Waals surface area contributed by atoms with Crippen molar-refractivity contribution in [1.29, 1.82) is 0 Å². The van der Waals surface area contributed by atoms with Gasteiger partial charge in [0.1, 0.15) is 12.4 Å². The van der Waals surface area contributed by atoms with E-state index in [1.165, 1.54) is 24.3 Å². The monoisotopic (exact) mass is 244 g/mol. The quantitative estimate of drug-likeness (QED) is 0.587. The van der Waals surface area contributed by atoms with Gasteiger partial charge in [-0.3, -0.25) is 15.0 Å². The number of nitro benzene ring substituents is 1. The van der Waals surface area contributed by atoms with Gasteiger partial charge in [0.2, 0.25) is 0 Å². The molecule has 0 saturated carbocycles. The molecule has 5 nitrogen and oxygen atoms in total. The molecule has 1 heterocycles. The molecular weight excluding hydrogens is 220 g/mol. The lowest BCUT2D eigenvalue weighted by atomic mass is 10.3. The minimum absolute atomic E-state index is 0.138. The van der Waals surface area contributed by atoms with Gasteiger partial charge in [0.05, 0.1) is 4.92 Å². The van der Waals surface area contributed by atoms with Crippen LogP contribution in [0.2, 0.25) is 0 Å². The number of rotatable bonds is 5. The molecule has 2 rings (SSSR count). The molecule has 0 amide bonds. The van der Waals surface area contributed by atoms with E-state index in [2.05, 4.69) is 0 Å². The van der Waals surface area contributed by atoms with Gasteiger partial charge in [-0.1, -0.05) is 0 Å². The standard InChI is InChI=1S/C12H16N2O3/c15-14(16)11-3-5-12(6-4-11)17-10-9-13-7-1-2-8-13/h3-6H,1-2,7-10H2/i1D2,2D2,7D2,8D2. The zero-order chi connectivity index (χ0) is 19.3. The van der Waals surface area contributed by atoms with Crippen molar-refractivity contribution >= 4 is 5.69 Å². The summed E-state index contributed by atoms with van der Waals surface area (Å²) in [6.07, 6.45) is -6.15. The van der Waals surface area contributed by atoms with Crippen LogP contribution in [0.15, 0.2) is 24.3 Å². The topological polar surface area (TPSA) is 55.6 Å². The van der Waals surface area contributed by atoms with Crippen molar-refractivity contribution < 1.29 is 20.6 Å². The van der Waals surface area contributed by atoms with Gasteiger partial charge < -0.3 is 4.74 Å². The minimum Gasteiger partial charge on any atom is -0.492 e. The minimum atomic E-state index is -3.07. The Morgan fingerprint density at radius 1 is 1.35 bits per heavy atom. The Labute approximate surface area is 111 Å². The van der Waals surface area contributed by atoms with Crippen LogP contribution in [0.1, 0.15) is 23.7 Å². The molecule has 1 saturated heterocycles. The first-order valence-corrected chi connectivity index (χ1v) is 4.92. The number of hydrogen-bond acceptors (Lipinski definition) is 4. The summed E-state index contributed by atoms with van der Waals surface area (Å²) in [6, 6.07) is 5.07. The summed E-state index contributed by atoms with van der Waals surface area (Å²) in [6.45, 7) is -6.46. The molecule has 0 radical (unpaired) electrons. The summed E-state index contributed by atoms with van der Waals surface area (Å²) in [7, 11) is 0. The van der Waals surface area contributed by atoms with Crippen LogP contribution in [0.5, 0.6) is 5.75 Å². The lowest BCUT2D eigenvalue weighted by Gasteiger charge is -2.14. The van der Waals surface area contributed by atoms with E-state index in [4.69, 9.17) is 15.7 Å². The smallest absolute Gasteiger partial charge is 0.269 e. The van der Waals surface area contributed by atoms with E-state index in [-0.39, 0.29) is 18.0 Å². The van der Waals surface area contributed by atoms with E-state index in [0.717, 1.165) is 0 Å². The van der Waals surface area contributed by atoms with Crippen LogP contribution in [-0.2, 0) is 0 Å². The molecule has 0 N–H and O–H groups in total. The van der Waals surface area contributed by atoms with Crippen molar-refractivity contribution in [3.05, 3.63) is 34.4 Å². The Balaban J connectivity index is 2.10. The normalized spacial score (nSPS) is 34.8. The molecule has 0 atom stereocenters. The first-order chi connectivity index (χ1) is 11.3. The van der Waals surface area contributed by atoms with Gasteiger partial charge in [-0.15, -0.1) is 0 Å². The third-order valence-corrected chi connectivity index (χ3v) is 2.08. The highest BCUT2D eigenvalue weighted by atomic mass is 16.6. The zero-order valence-electron chi connectivity index (χ0n) is 16.8.